The lowest BCUT2D eigenvalue weighted by molar-refractivity contribution is -0.126. The maximum absolute atomic E-state index is 12.5. The van der Waals surface area contributed by atoms with Gasteiger partial charge in [0.1, 0.15) is 0 Å². The first-order valence-electron chi connectivity index (χ1n) is 9.28. The van der Waals surface area contributed by atoms with Crippen LogP contribution in [0.5, 0.6) is 0 Å². The summed E-state index contributed by atoms with van der Waals surface area (Å²) in [6.45, 7) is 4.86. The largest absolute Gasteiger partial charge is 0.377 e. The molecule has 4 rings (SSSR count). The number of amides is 2. The molecule has 24 heavy (non-hydrogen) atoms. The number of carbonyl (C=O) groups excluding carboxylic acids is 1. The molecule has 0 aromatic carbocycles. The van der Waals surface area contributed by atoms with Gasteiger partial charge in [0.25, 0.3) is 0 Å². The number of aryl methyl sites for hydroxylation is 1. The molecule has 1 saturated heterocycles. The van der Waals surface area contributed by atoms with Crippen molar-refractivity contribution in [2.45, 2.75) is 70.6 Å². The molecule has 0 radical (unpaired) electrons. The molecule has 0 unspecified atom stereocenters. The Hall–Kier alpha value is -1.56. The molecule has 2 saturated carbocycles. The Kier molecular flexibility index (Phi) is 4.03. The number of carbonyl (C=O) groups is 1. The molecular weight excluding hydrogens is 304 g/mol. The Morgan fingerprint density at radius 2 is 2.29 bits per heavy atom. The lowest BCUT2D eigenvalue weighted by Crippen LogP contribution is -2.69. The molecule has 0 bridgehead atoms. The number of aromatic amines is 1. The summed E-state index contributed by atoms with van der Waals surface area (Å²) < 4.78 is 5.98. The van der Waals surface area contributed by atoms with E-state index in [1.54, 1.807) is 0 Å². The van der Waals surface area contributed by atoms with E-state index >= 15 is 0 Å². The summed E-state index contributed by atoms with van der Waals surface area (Å²) in [7, 11) is 0. The van der Waals surface area contributed by atoms with Gasteiger partial charge < -0.3 is 15.4 Å². The van der Waals surface area contributed by atoms with Gasteiger partial charge in [0.2, 0.25) is 0 Å². The molecule has 1 aliphatic heterocycles. The Labute approximate surface area is 143 Å². The normalized spacial score (nSPS) is 31.5. The Morgan fingerprint density at radius 3 is 3.00 bits per heavy atom. The first-order chi connectivity index (χ1) is 11.6. The minimum Gasteiger partial charge on any atom is -0.377 e. The van der Waals surface area contributed by atoms with E-state index in [2.05, 4.69) is 20.8 Å². The summed E-state index contributed by atoms with van der Waals surface area (Å²) in [5, 5.41) is 13.5. The summed E-state index contributed by atoms with van der Waals surface area (Å²) in [4.78, 5) is 12.5. The molecule has 6 heteroatoms. The van der Waals surface area contributed by atoms with Crippen LogP contribution >= 0.6 is 0 Å². The van der Waals surface area contributed by atoms with Gasteiger partial charge >= 0.3 is 6.03 Å². The molecule has 2 aliphatic carbocycles. The van der Waals surface area contributed by atoms with E-state index in [-0.39, 0.29) is 23.5 Å². The van der Waals surface area contributed by atoms with Gasteiger partial charge in [-0.15, -0.1) is 0 Å². The van der Waals surface area contributed by atoms with E-state index in [0.29, 0.717) is 12.0 Å². The van der Waals surface area contributed by atoms with E-state index < -0.39 is 0 Å². The van der Waals surface area contributed by atoms with Crippen molar-refractivity contribution >= 4 is 6.03 Å². The minimum atomic E-state index is -0.0450. The van der Waals surface area contributed by atoms with Gasteiger partial charge in [0.15, 0.2) is 0 Å². The SMILES string of the molecule is Cc1cc(C[C@H](C)NC(=O)N[C@@H]2[C@@H]3CCO[C@@H]3C23CCCC3)n[nH]1. The summed E-state index contributed by atoms with van der Waals surface area (Å²) in [5.41, 5.74) is 2.24. The fraction of sp³-hybridized carbons (Fsp3) is 0.778. The van der Waals surface area contributed by atoms with Crippen LogP contribution in [0.15, 0.2) is 6.07 Å². The van der Waals surface area contributed by atoms with Crippen molar-refractivity contribution in [3.63, 3.8) is 0 Å². The predicted molar refractivity (Wildman–Crippen MR) is 90.7 cm³/mol. The number of H-pyrrole nitrogens is 1. The number of nitrogens with zero attached hydrogens (tertiary/aromatic N) is 1. The van der Waals surface area contributed by atoms with Crippen LogP contribution in [0.2, 0.25) is 0 Å². The van der Waals surface area contributed by atoms with E-state index in [1.807, 2.05) is 19.9 Å². The Balaban J connectivity index is 1.33. The van der Waals surface area contributed by atoms with Gasteiger partial charge in [-0.3, -0.25) is 5.10 Å². The zero-order chi connectivity index (χ0) is 16.7. The second kappa shape index (κ2) is 6.06. The van der Waals surface area contributed by atoms with Crippen molar-refractivity contribution in [1.82, 2.24) is 20.8 Å². The summed E-state index contributed by atoms with van der Waals surface area (Å²) in [5.74, 6) is 0.512. The lowest BCUT2D eigenvalue weighted by atomic mass is 9.54. The fourth-order valence-electron chi connectivity index (χ4n) is 5.25. The monoisotopic (exact) mass is 332 g/mol. The van der Waals surface area contributed by atoms with Gasteiger partial charge in [-0.1, -0.05) is 12.8 Å². The maximum Gasteiger partial charge on any atom is 0.315 e. The third-order valence-corrected chi connectivity index (χ3v) is 6.22. The van der Waals surface area contributed by atoms with Crippen LogP contribution in [0.25, 0.3) is 0 Å². The van der Waals surface area contributed by atoms with Crippen LogP contribution < -0.4 is 10.6 Å². The smallest absolute Gasteiger partial charge is 0.315 e. The molecule has 3 aliphatic rings. The number of fused-ring (bicyclic) bond motifs is 2. The lowest BCUT2D eigenvalue weighted by Gasteiger charge is -2.56. The molecule has 6 nitrogen and oxygen atoms in total. The van der Waals surface area contributed by atoms with Crippen LogP contribution in [-0.4, -0.2) is 41.0 Å². The molecular formula is C18H28N4O2. The minimum absolute atomic E-state index is 0.0450. The van der Waals surface area contributed by atoms with Gasteiger partial charge in [0.05, 0.1) is 11.8 Å². The number of hydrogen-bond donors (Lipinski definition) is 3. The highest BCUT2D eigenvalue weighted by molar-refractivity contribution is 5.75. The zero-order valence-electron chi connectivity index (χ0n) is 14.6. The van der Waals surface area contributed by atoms with Gasteiger partial charge in [-0.05, 0) is 39.2 Å². The highest BCUT2D eigenvalue weighted by atomic mass is 16.5. The van der Waals surface area contributed by atoms with Gasteiger partial charge in [0, 0.05) is 42.1 Å². The second-order valence-corrected chi connectivity index (χ2v) is 7.93. The number of aromatic nitrogens is 2. The van der Waals surface area contributed by atoms with Crippen molar-refractivity contribution in [3.8, 4) is 0 Å². The Bertz CT molecular complexity index is 608. The number of nitrogens with one attached hydrogen (secondary N) is 3. The number of ether oxygens (including phenoxy) is 1. The number of urea groups is 1. The number of hydrogen-bond acceptors (Lipinski definition) is 3. The molecule has 1 aromatic heterocycles. The van der Waals surface area contributed by atoms with Crippen molar-refractivity contribution in [2.24, 2.45) is 11.3 Å². The maximum atomic E-state index is 12.5. The highest BCUT2D eigenvalue weighted by Crippen LogP contribution is 2.60. The molecule has 2 heterocycles. The van der Waals surface area contributed by atoms with E-state index in [0.717, 1.165) is 30.8 Å². The average Bonchev–Trinajstić information content (AvgIpc) is 3.24. The van der Waals surface area contributed by atoms with Crippen molar-refractivity contribution in [3.05, 3.63) is 17.5 Å². The van der Waals surface area contributed by atoms with Crippen LogP contribution in [0, 0.1) is 18.3 Å². The fourth-order valence-corrected chi connectivity index (χ4v) is 5.25. The van der Waals surface area contributed by atoms with E-state index in [9.17, 15) is 4.79 Å². The highest BCUT2D eigenvalue weighted by Gasteiger charge is 2.65. The summed E-state index contributed by atoms with van der Waals surface area (Å²) >= 11 is 0. The zero-order valence-corrected chi connectivity index (χ0v) is 14.6. The molecule has 4 atom stereocenters. The average molecular weight is 332 g/mol. The van der Waals surface area contributed by atoms with Crippen molar-refractivity contribution < 1.29 is 9.53 Å². The van der Waals surface area contributed by atoms with E-state index in [1.165, 1.54) is 25.7 Å². The molecule has 3 N–H and O–H groups in total. The molecule has 132 valence electrons. The first kappa shape index (κ1) is 15.9. The standard InChI is InChI=1S/C18H28N4O2/c1-11(9-13-10-12(2)21-22-13)19-17(23)20-15-14-5-8-24-16(14)18(15)6-3-4-7-18/h10-11,14-16H,3-9H2,1-2H3,(H,21,22)(H2,19,20,23)/t11-,14-,15+,16-/m0/s1. The van der Waals surface area contributed by atoms with Crippen LogP contribution in [0.1, 0.15) is 50.4 Å². The van der Waals surface area contributed by atoms with Crippen LogP contribution in [0.4, 0.5) is 4.79 Å². The molecule has 2 amide bonds. The summed E-state index contributed by atoms with van der Waals surface area (Å²) in [6.07, 6.45) is 7.13. The van der Waals surface area contributed by atoms with Crippen molar-refractivity contribution in [2.75, 3.05) is 6.61 Å². The third-order valence-electron chi connectivity index (χ3n) is 6.22. The Morgan fingerprint density at radius 1 is 1.50 bits per heavy atom. The third kappa shape index (κ3) is 2.61. The predicted octanol–water partition coefficient (Wildman–Crippen LogP) is 2.30. The molecule has 1 aromatic rings. The summed E-state index contributed by atoms with van der Waals surface area (Å²) in [6, 6.07) is 2.32. The van der Waals surface area contributed by atoms with Crippen LogP contribution in [0.3, 0.4) is 0 Å². The number of rotatable bonds is 4. The second-order valence-electron chi connectivity index (χ2n) is 7.93. The van der Waals surface area contributed by atoms with Gasteiger partial charge in [-0.2, -0.15) is 5.10 Å². The van der Waals surface area contributed by atoms with Crippen molar-refractivity contribution in [1.29, 1.82) is 0 Å². The topological polar surface area (TPSA) is 79.0 Å². The molecule has 1 spiro atoms. The first-order valence-corrected chi connectivity index (χ1v) is 9.28. The molecule has 3 fully saturated rings. The van der Waals surface area contributed by atoms with Gasteiger partial charge in [-0.25, -0.2) is 4.79 Å². The van der Waals surface area contributed by atoms with E-state index in [4.69, 9.17) is 4.74 Å². The van der Waals surface area contributed by atoms with Crippen LogP contribution in [-0.2, 0) is 11.2 Å². The quantitative estimate of drug-likeness (QED) is 0.791.